The van der Waals surface area contributed by atoms with Crippen molar-refractivity contribution in [3.63, 3.8) is 0 Å². The van der Waals surface area contributed by atoms with E-state index in [1.165, 1.54) is 5.56 Å². The molecular formula is C21H34N4O2. The Kier molecular flexibility index (Phi) is 8.10. The van der Waals surface area contributed by atoms with Crippen molar-refractivity contribution >= 4 is 17.6 Å². The van der Waals surface area contributed by atoms with Crippen molar-refractivity contribution in [3.8, 4) is 0 Å². The van der Waals surface area contributed by atoms with Gasteiger partial charge in [-0.3, -0.25) is 9.69 Å². The van der Waals surface area contributed by atoms with Crippen LogP contribution in [0.3, 0.4) is 0 Å². The van der Waals surface area contributed by atoms with Crippen molar-refractivity contribution in [1.29, 1.82) is 0 Å². The predicted molar refractivity (Wildman–Crippen MR) is 110 cm³/mol. The van der Waals surface area contributed by atoms with Crippen LogP contribution in [0.25, 0.3) is 0 Å². The molecule has 0 aliphatic carbocycles. The fourth-order valence-electron chi connectivity index (χ4n) is 3.35. The molecule has 0 bridgehead atoms. The number of amides is 3. The number of urea groups is 1. The number of carbonyl (C=O) groups is 2. The molecule has 1 aromatic rings. The largest absolute Gasteiger partial charge is 0.342 e. The van der Waals surface area contributed by atoms with E-state index < -0.39 is 0 Å². The molecule has 1 heterocycles. The Morgan fingerprint density at radius 2 is 1.70 bits per heavy atom. The molecular weight excluding hydrogens is 340 g/mol. The van der Waals surface area contributed by atoms with Gasteiger partial charge in [0.25, 0.3) is 0 Å². The smallest absolute Gasteiger partial charge is 0.321 e. The quantitative estimate of drug-likeness (QED) is 0.832. The Bertz CT molecular complexity index is 611. The molecule has 1 N–H and O–H groups in total. The zero-order chi connectivity index (χ0) is 19.8. The number of benzene rings is 1. The van der Waals surface area contributed by atoms with Gasteiger partial charge in [-0.25, -0.2) is 4.79 Å². The molecule has 2 rings (SSSR count). The van der Waals surface area contributed by atoms with Crippen molar-refractivity contribution in [1.82, 2.24) is 14.7 Å². The van der Waals surface area contributed by atoms with Gasteiger partial charge in [-0.2, -0.15) is 0 Å². The monoisotopic (exact) mass is 374 g/mol. The van der Waals surface area contributed by atoms with Crippen LogP contribution in [-0.2, 0) is 4.79 Å². The van der Waals surface area contributed by atoms with Gasteiger partial charge >= 0.3 is 6.03 Å². The van der Waals surface area contributed by atoms with Crippen LogP contribution in [0.4, 0.5) is 10.5 Å². The highest BCUT2D eigenvalue weighted by atomic mass is 16.2. The van der Waals surface area contributed by atoms with Gasteiger partial charge in [0.15, 0.2) is 0 Å². The Hall–Kier alpha value is -2.08. The number of likely N-dealkylation sites (N-methyl/N-ethyl adjacent to an activating group) is 1. The topological polar surface area (TPSA) is 55.9 Å². The molecule has 0 radical (unpaired) electrons. The first kappa shape index (κ1) is 21.2. The number of rotatable bonds is 6. The lowest BCUT2D eigenvalue weighted by Crippen LogP contribution is -2.42. The summed E-state index contributed by atoms with van der Waals surface area (Å²) in [4.78, 5) is 30.8. The molecule has 0 spiro atoms. The second kappa shape index (κ2) is 10.3. The fourth-order valence-corrected chi connectivity index (χ4v) is 3.35. The van der Waals surface area contributed by atoms with Gasteiger partial charge in [-0.1, -0.05) is 26.0 Å². The number of nitrogens with one attached hydrogen (secondary N) is 1. The van der Waals surface area contributed by atoms with Gasteiger partial charge in [-0.05, 0) is 43.9 Å². The molecule has 6 nitrogen and oxygen atoms in total. The Morgan fingerprint density at radius 3 is 2.30 bits per heavy atom. The molecule has 0 aromatic heterocycles. The molecule has 0 atom stereocenters. The molecule has 3 amide bonds. The van der Waals surface area contributed by atoms with Crippen LogP contribution in [0, 0.1) is 0 Å². The van der Waals surface area contributed by atoms with E-state index in [1.807, 2.05) is 35.8 Å². The molecule has 0 unspecified atom stereocenters. The zero-order valence-corrected chi connectivity index (χ0v) is 17.2. The van der Waals surface area contributed by atoms with Crippen LogP contribution in [0.2, 0.25) is 0 Å². The molecule has 1 saturated heterocycles. The highest BCUT2D eigenvalue weighted by molar-refractivity contribution is 5.89. The summed E-state index contributed by atoms with van der Waals surface area (Å²) in [7, 11) is 0. The maximum absolute atomic E-state index is 12.6. The zero-order valence-electron chi connectivity index (χ0n) is 17.2. The second-order valence-electron chi connectivity index (χ2n) is 7.39. The summed E-state index contributed by atoms with van der Waals surface area (Å²) in [5.74, 6) is 0.647. The summed E-state index contributed by atoms with van der Waals surface area (Å²) in [6, 6.07) is 7.97. The van der Waals surface area contributed by atoms with Crippen molar-refractivity contribution in [2.45, 2.75) is 40.0 Å². The lowest BCUT2D eigenvalue weighted by Gasteiger charge is -2.25. The lowest BCUT2D eigenvalue weighted by molar-refractivity contribution is -0.132. The van der Waals surface area contributed by atoms with Crippen LogP contribution >= 0.6 is 0 Å². The van der Waals surface area contributed by atoms with Crippen molar-refractivity contribution in [2.75, 3.05) is 51.1 Å². The predicted octanol–water partition coefficient (Wildman–Crippen LogP) is 3.22. The highest BCUT2D eigenvalue weighted by Crippen LogP contribution is 2.17. The molecule has 1 aromatic carbocycles. The average Bonchev–Trinajstić information content (AvgIpc) is 2.89. The molecule has 1 aliphatic rings. The molecule has 1 fully saturated rings. The van der Waals surface area contributed by atoms with Gasteiger partial charge in [0.2, 0.25) is 5.91 Å². The Morgan fingerprint density at radius 1 is 1.04 bits per heavy atom. The number of anilines is 1. The van der Waals surface area contributed by atoms with E-state index >= 15 is 0 Å². The van der Waals surface area contributed by atoms with Crippen molar-refractivity contribution < 1.29 is 9.59 Å². The van der Waals surface area contributed by atoms with E-state index in [1.54, 1.807) is 0 Å². The van der Waals surface area contributed by atoms with Crippen molar-refractivity contribution in [3.05, 3.63) is 29.8 Å². The highest BCUT2D eigenvalue weighted by Gasteiger charge is 2.21. The Labute approximate surface area is 163 Å². The van der Waals surface area contributed by atoms with Crippen LogP contribution in [0.15, 0.2) is 24.3 Å². The van der Waals surface area contributed by atoms with Crippen molar-refractivity contribution in [2.24, 2.45) is 0 Å². The van der Waals surface area contributed by atoms with E-state index in [0.717, 1.165) is 38.3 Å². The summed E-state index contributed by atoms with van der Waals surface area (Å²) >= 11 is 0. The van der Waals surface area contributed by atoms with Crippen LogP contribution in [-0.4, -0.2) is 72.5 Å². The van der Waals surface area contributed by atoms with Gasteiger partial charge in [0.1, 0.15) is 0 Å². The van der Waals surface area contributed by atoms with Gasteiger partial charge in [0, 0.05) is 45.0 Å². The van der Waals surface area contributed by atoms with Crippen LogP contribution < -0.4 is 5.32 Å². The summed E-state index contributed by atoms with van der Waals surface area (Å²) in [5.41, 5.74) is 2.08. The van der Waals surface area contributed by atoms with Crippen LogP contribution in [0.1, 0.15) is 45.6 Å². The van der Waals surface area contributed by atoms with E-state index in [4.69, 9.17) is 0 Å². The van der Waals surface area contributed by atoms with E-state index in [2.05, 4.69) is 36.2 Å². The van der Waals surface area contributed by atoms with E-state index in [0.29, 0.717) is 25.6 Å². The minimum absolute atomic E-state index is 0.0655. The third kappa shape index (κ3) is 6.24. The first-order valence-corrected chi connectivity index (χ1v) is 10.1. The summed E-state index contributed by atoms with van der Waals surface area (Å²) < 4.78 is 0. The third-order valence-corrected chi connectivity index (χ3v) is 5.18. The number of nitrogens with zero attached hydrogens (tertiary/aromatic N) is 3. The number of hydrogen-bond donors (Lipinski definition) is 1. The first-order chi connectivity index (χ1) is 12.9. The maximum Gasteiger partial charge on any atom is 0.321 e. The summed E-state index contributed by atoms with van der Waals surface area (Å²) in [5, 5.41) is 2.99. The Balaban J connectivity index is 1.85. The first-order valence-electron chi connectivity index (χ1n) is 10.1. The van der Waals surface area contributed by atoms with E-state index in [9.17, 15) is 9.59 Å². The molecule has 0 saturated carbocycles. The number of carbonyl (C=O) groups excluding carboxylic acids is 2. The number of hydrogen-bond acceptors (Lipinski definition) is 3. The molecule has 6 heteroatoms. The minimum Gasteiger partial charge on any atom is -0.342 e. The minimum atomic E-state index is -0.0655. The standard InChI is InChI=1S/C21H34N4O2/c1-5-24(6-2)20(26)16-23-12-7-13-25(15-14-23)21(27)22-19-10-8-18(9-11-19)17(3)4/h8-11,17H,5-7,12-16H2,1-4H3,(H,22,27). The summed E-state index contributed by atoms with van der Waals surface area (Å²) in [6.45, 7) is 13.2. The van der Waals surface area contributed by atoms with Gasteiger partial charge in [-0.15, -0.1) is 0 Å². The fraction of sp³-hybridized carbons (Fsp3) is 0.619. The lowest BCUT2D eigenvalue weighted by atomic mass is 10.0. The van der Waals surface area contributed by atoms with E-state index in [-0.39, 0.29) is 11.9 Å². The SMILES string of the molecule is CCN(CC)C(=O)CN1CCCN(C(=O)Nc2ccc(C(C)C)cc2)CC1. The molecule has 150 valence electrons. The molecule has 27 heavy (non-hydrogen) atoms. The van der Waals surface area contributed by atoms with Gasteiger partial charge < -0.3 is 15.1 Å². The average molecular weight is 375 g/mol. The maximum atomic E-state index is 12.6. The third-order valence-electron chi connectivity index (χ3n) is 5.18. The second-order valence-corrected chi connectivity index (χ2v) is 7.39. The van der Waals surface area contributed by atoms with Crippen LogP contribution in [0.5, 0.6) is 0 Å². The normalized spacial score (nSPS) is 15.5. The summed E-state index contributed by atoms with van der Waals surface area (Å²) in [6.07, 6.45) is 0.880. The van der Waals surface area contributed by atoms with Gasteiger partial charge in [0.05, 0.1) is 6.54 Å². The molecule has 1 aliphatic heterocycles.